The van der Waals surface area contributed by atoms with Crippen molar-refractivity contribution in [2.75, 3.05) is 0 Å². The van der Waals surface area contributed by atoms with E-state index >= 15 is 0 Å². The molecule has 0 aliphatic carbocycles. The monoisotopic (exact) mass is 273 g/mol. The van der Waals surface area contributed by atoms with E-state index in [0.717, 1.165) is 6.07 Å². The van der Waals surface area contributed by atoms with Gasteiger partial charge in [0.2, 0.25) is 0 Å². The highest BCUT2D eigenvalue weighted by Crippen LogP contribution is 2.33. The maximum Gasteiger partial charge on any atom is 0.416 e. The molecule has 19 heavy (non-hydrogen) atoms. The molecule has 0 radical (unpaired) electrons. The first-order valence-corrected chi connectivity index (χ1v) is 6.45. The molecule has 0 unspecified atom stereocenters. The van der Waals surface area contributed by atoms with Crippen LogP contribution in [0.15, 0.2) is 24.3 Å². The molecule has 0 aliphatic rings. The van der Waals surface area contributed by atoms with Crippen LogP contribution < -0.4 is 0 Å². The van der Waals surface area contributed by atoms with Crippen LogP contribution >= 0.6 is 0 Å². The van der Waals surface area contributed by atoms with E-state index in [4.69, 9.17) is 0 Å². The van der Waals surface area contributed by atoms with Gasteiger partial charge in [0.25, 0.3) is 0 Å². The SMILES string of the molecule is CC(C)N(Cc1ccccc1C(F)(F)F)C(C)(C)C. The first kappa shape index (κ1) is 16.0. The number of benzene rings is 1. The molecule has 0 spiro atoms. The van der Waals surface area contributed by atoms with Crippen molar-refractivity contribution in [1.82, 2.24) is 4.90 Å². The van der Waals surface area contributed by atoms with Gasteiger partial charge in [-0.1, -0.05) is 18.2 Å². The van der Waals surface area contributed by atoms with Crippen molar-refractivity contribution < 1.29 is 13.2 Å². The summed E-state index contributed by atoms with van der Waals surface area (Å²) in [5, 5.41) is 0. The molecule has 108 valence electrons. The number of hydrogen-bond acceptors (Lipinski definition) is 1. The fraction of sp³-hybridized carbons (Fsp3) is 0.600. The Morgan fingerprint density at radius 1 is 1.05 bits per heavy atom. The van der Waals surface area contributed by atoms with Crippen LogP contribution in [0, 0.1) is 0 Å². The van der Waals surface area contributed by atoms with Gasteiger partial charge in [0.1, 0.15) is 0 Å². The Labute approximate surface area is 113 Å². The number of alkyl halides is 3. The number of rotatable bonds is 3. The summed E-state index contributed by atoms with van der Waals surface area (Å²) < 4.78 is 38.9. The fourth-order valence-corrected chi connectivity index (χ4v) is 2.31. The van der Waals surface area contributed by atoms with Crippen LogP contribution in [0.25, 0.3) is 0 Å². The van der Waals surface area contributed by atoms with Gasteiger partial charge < -0.3 is 0 Å². The third-order valence-corrected chi connectivity index (χ3v) is 3.15. The van der Waals surface area contributed by atoms with E-state index in [2.05, 4.69) is 4.90 Å². The second kappa shape index (κ2) is 5.53. The number of nitrogens with zero attached hydrogens (tertiary/aromatic N) is 1. The average molecular weight is 273 g/mol. The van der Waals surface area contributed by atoms with Crippen molar-refractivity contribution in [3.05, 3.63) is 35.4 Å². The van der Waals surface area contributed by atoms with Crippen LogP contribution in [-0.4, -0.2) is 16.5 Å². The second-order valence-corrected chi connectivity index (χ2v) is 6.05. The van der Waals surface area contributed by atoms with Gasteiger partial charge in [0.15, 0.2) is 0 Å². The van der Waals surface area contributed by atoms with E-state index in [1.807, 2.05) is 34.6 Å². The Balaban J connectivity index is 3.11. The third kappa shape index (κ3) is 4.23. The van der Waals surface area contributed by atoms with Crippen molar-refractivity contribution in [2.45, 2.75) is 58.9 Å². The van der Waals surface area contributed by atoms with Gasteiger partial charge in [-0.05, 0) is 46.2 Å². The van der Waals surface area contributed by atoms with E-state index < -0.39 is 11.7 Å². The molecular formula is C15H22F3N. The molecule has 1 aromatic carbocycles. The first-order valence-electron chi connectivity index (χ1n) is 6.45. The molecule has 0 aromatic heterocycles. The largest absolute Gasteiger partial charge is 0.416 e. The molecular weight excluding hydrogens is 251 g/mol. The zero-order valence-corrected chi connectivity index (χ0v) is 12.2. The van der Waals surface area contributed by atoms with Crippen LogP contribution in [-0.2, 0) is 12.7 Å². The minimum Gasteiger partial charge on any atom is -0.292 e. The van der Waals surface area contributed by atoms with E-state index in [-0.39, 0.29) is 11.6 Å². The third-order valence-electron chi connectivity index (χ3n) is 3.15. The summed E-state index contributed by atoms with van der Waals surface area (Å²) in [5.74, 6) is 0. The minimum absolute atomic E-state index is 0.174. The molecule has 0 saturated heterocycles. The predicted molar refractivity (Wildman–Crippen MR) is 71.9 cm³/mol. The van der Waals surface area contributed by atoms with Gasteiger partial charge in [-0.3, -0.25) is 4.90 Å². The molecule has 0 atom stereocenters. The second-order valence-electron chi connectivity index (χ2n) is 6.05. The number of hydrogen-bond donors (Lipinski definition) is 0. The topological polar surface area (TPSA) is 3.24 Å². The maximum absolute atomic E-state index is 13.0. The molecule has 0 N–H and O–H groups in total. The lowest BCUT2D eigenvalue weighted by Crippen LogP contribution is -2.45. The van der Waals surface area contributed by atoms with Crippen molar-refractivity contribution in [1.29, 1.82) is 0 Å². The normalized spacial score (nSPS) is 13.4. The lowest BCUT2D eigenvalue weighted by molar-refractivity contribution is -0.138. The fourth-order valence-electron chi connectivity index (χ4n) is 2.31. The molecule has 0 heterocycles. The number of halogens is 3. The van der Waals surface area contributed by atoms with Crippen molar-refractivity contribution in [3.63, 3.8) is 0 Å². The Hall–Kier alpha value is -1.03. The van der Waals surface area contributed by atoms with Gasteiger partial charge in [-0.2, -0.15) is 13.2 Å². The summed E-state index contributed by atoms with van der Waals surface area (Å²) in [6, 6.07) is 5.98. The molecule has 0 amide bonds. The van der Waals surface area contributed by atoms with Crippen LogP contribution in [0.2, 0.25) is 0 Å². The standard InChI is InChI=1S/C15H22F3N/c1-11(2)19(14(3,4)5)10-12-8-6-7-9-13(12)15(16,17)18/h6-9,11H,10H2,1-5H3. The average Bonchev–Trinajstić information content (AvgIpc) is 2.23. The Morgan fingerprint density at radius 2 is 1.58 bits per heavy atom. The zero-order valence-electron chi connectivity index (χ0n) is 12.2. The van der Waals surface area contributed by atoms with Gasteiger partial charge in [-0.25, -0.2) is 0 Å². The van der Waals surface area contributed by atoms with Crippen LogP contribution in [0.4, 0.5) is 13.2 Å². The quantitative estimate of drug-likeness (QED) is 0.770. The Kier molecular flexibility index (Phi) is 4.67. The van der Waals surface area contributed by atoms with Crippen LogP contribution in [0.1, 0.15) is 45.7 Å². The van der Waals surface area contributed by atoms with E-state index in [1.54, 1.807) is 12.1 Å². The summed E-state index contributed by atoms with van der Waals surface area (Å²) in [7, 11) is 0. The molecule has 0 aliphatic heterocycles. The zero-order chi connectivity index (χ0) is 14.8. The summed E-state index contributed by atoms with van der Waals surface area (Å²) >= 11 is 0. The van der Waals surface area contributed by atoms with Crippen LogP contribution in [0.3, 0.4) is 0 Å². The van der Waals surface area contributed by atoms with Crippen LogP contribution in [0.5, 0.6) is 0 Å². The Morgan fingerprint density at radius 3 is 2.00 bits per heavy atom. The Bertz CT molecular complexity index is 416. The highest BCUT2D eigenvalue weighted by molar-refractivity contribution is 5.29. The molecule has 4 heteroatoms. The molecule has 0 fully saturated rings. The highest BCUT2D eigenvalue weighted by atomic mass is 19.4. The molecule has 0 saturated carbocycles. The maximum atomic E-state index is 13.0. The van der Waals surface area contributed by atoms with E-state index in [9.17, 15) is 13.2 Å². The summed E-state index contributed by atoms with van der Waals surface area (Å²) in [5.41, 5.74) is -0.379. The van der Waals surface area contributed by atoms with Crippen molar-refractivity contribution in [2.24, 2.45) is 0 Å². The van der Waals surface area contributed by atoms with Crippen molar-refractivity contribution in [3.8, 4) is 0 Å². The summed E-state index contributed by atoms with van der Waals surface area (Å²) in [6.07, 6.45) is -4.29. The lowest BCUT2D eigenvalue weighted by atomic mass is 10.00. The molecule has 1 aromatic rings. The summed E-state index contributed by atoms with van der Waals surface area (Å²) in [4.78, 5) is 2.07. The highest BCUT2D eigenvalue weighted by Gasteiger charge is 2.34. The van der Waals surface area contributed by atoms with Gasteiger partial charge in [-0.15, -0.1) is 0 Å². The van der Waals surface area contributed by atoms with Gasteiger partial charge in [0, 0.05) is 18.1 Å². The van der Waals surface area contributed by atoms with Gasteiger partial charge in [0.05, 0.1) is 5.56 Å². The molecule has 0 bridgehead atoms. The van der Waals surface area contributed by atoms with Gasteiger partial charge >= 0.3 is 6.18 Å². The molecule has 1 nitrogen and oxygen atoms in total. The van der Waals surface area contributed by atoms with E-state index in [0.29, 0.717) is 12.1 Å². The first-order chi connectivity index (χ1) is 8.53. The predicted octanol–water partition coefficient (Wildman–Crippen LogP) is 4.71. The smallest absolute Gasteiger partial charge is 0.292 e. The lowest BCUT2D eigenvalue weighted by Gasteiger charge is -2.39. The van der Waals surface area contributed by atoms with Crippen molar-refractivity contribution >= 4 is 0 Å². The minimum atomic E-state index is -4.29. The summed E-state index contributed by atoms with van der Waals surface area (Å²) in [6.45, 7) is 10.4. The van der Waals surface area contributed by atoms with E-state index in [1.165, 1.54) is 6.07 Å². The molecule has 1 rings (SSSR count).